The molecule has 0 nitrogen and oxygen atoms in total. The lowest BCUT2D eigenvalue weighted by Gasteiger charge is -2.38. The van der Waals surface area contributed by atoms with Gasteiger partial charge in [0.25, 0.3) is 0 Å². The molecule has 0 saturated heterocycles. The van der Waals surface area contributed by atoms with Crippen molar-refractivity contribution in [3.63, 3.8) is 0 Å². The summed E-state index contributed by atoms with van der Waals surface area (Å²) in [6.45, 7) is 6.30. The van der Waals surface area contributed by atoms with E-state index in [0.717, 1.165) is 35.5 Å². The second-order valence-electron chi connectivity index (χ2n) is 12.7. The summed E-state index contributed by atoms with van der Waals surface area (Å²) in [5, 5.41) is 0. The zero-order valence-electron chi connectivity index (χ0n) is 23.2. The first-order chi connectivity index (χ1) is 16.8. The van der Waals surface area contributed by atoms with Crippen LogP contribution in [0.5, 0.6) is 0 Å². The first-order valence-electron chi connectivity index (χ1n) is 16.1. The van der Waals surface area contributed by atoms with Crippen LogP contribution in [0, 0.1) is 35.5 Å². The lowest BCUT2D eigenvalue weighted by molar-refractivity contribution is 0.140. The molecular weight excluding hydrogens is 408 g/mol. The van der Waals surface area contributed by atoms with E-state index in [0.29, 0.717) is 0 Å². The molecule has 3 rings (SSSR count). The van der Waals surface area contributed by atoms with E-state index in [4.69, 9.17) is 0 Å². The second-order valence-corrected chi connectivity index (χ2v) is 12.7. The molecule has 196 valence electrons. The highest BCUT2D eigenvalue weighted by Crippen LogP contribution is 2.43. The molecule has 3 aliphatic rings. The van der Waals surface area contributed by atoms with Gasteiger partial charge in [0.2, 0.25) is 0 Å². The Morgan fingerprint density at radius 2 is 1.06 bits per heavy atom. The van der Waals surface area contributed by atoms with Crippen LogP contribution in [-0.2, 0) is 0 Å². The highest BCUT2D eigenvalue weighted by Gasteiger charge is 2.30. The molecular formula is C34H60. The Morgan fingerprint density at radius 1 is 0.559 bits per heavy atom. The molecule has 0 heterocycles. The molecule has 0 bridgehead atoms. The Kier molecular flexibility index (Phi) is 14.1. The molecule has 0 N–H and O–H groups in total. The van der Waals surface area contributed by atoms with E-state index in [1.807, 2.05) is 0 Å². The van der Waals surface area contributed by atoms with Gasteiger partial charge in [-0.2, -0.15) is 0 Å². The highest BCUT2D eigenvalue weighted by atomic mass is 14.4. The molecule has 0 heteroatoms. The molecule has 0 aromatic carbocycles. The molecule has 0 amide bonds. The van der Waals surface area contributed by atoms with Gasteiger partial charge >= 0.3 is 0 Å². The molecule has 34 heavy (non-hydrogen) atoms. The predicted octanol–water partition coefficient (Wildman–Crippen LogP) is 11.5. The maximum absolute atomic E-state index is 3.98. The zero-order chi connectivity index (χ0) is 23.8. The molecule has 0 aliphatic heterocycles. The summed E-state index contributed by atoms with van der Waals surface area (Å²) >= 11 is 0. The zero-order valence-corrected chi connectivity index (χ0v) is 23.2. The summed E-state index contributed by atoms with van der Waals surface area (Å²) in [5.41, 5.74) is 0. The van der Waals surface area contributed by atoms with Gasteiger partial charge in [-0.05, 0) is 99.7 Å². The number of hydrogen-bond donors (Lipinski definition) is 0. The number of allylic oxidation sites excluding steroid dienone is 3. The molecule has 3 saturated carbocycles. The molecule has 0 aromatic heterocycles. The van der Waals surface area contributed by atoms with Crippen LogP contribution in [0.25, 0.3) is 0 Å². The van der Waals surface area contributed by atoms with Crippen molar-refractivity contribution >= 4 is 0 Å². The fourth-order valence-electron chi connectivity index (χ4n) is 7.66. The molecule has 3 fully saturated rings. The second kappa shape index (κ2) is 17.0. The van der Waals surface area contributed by atoms with Gasteiger partial charge in [-0.25, -0.2) is 0 Å². The molecule has 0 radical (unpaired) electrons. The van der Waals surface area contributed by atoms with Crippen LogP contribution < -0.4 is 0 Å². The Labute approximate surface area is 214 Å². The fourth-order valence-corrected chi connectivity index (χ4v) is 7.66. The van der Waals surface area contributed by atoms with Crippen molar-refractivity contribution in [1.29, 1.82) is 0 Å². The van der Waals surface area contributed by atoms with Crippen molar-refractivity contribution in [2.45, 2.75) is 155 Å². The average molecular weight is 469 g/mol. The minimum atomic E-state index is 0.796. The van der Waals surface area contributed by atoms with Crippen LogP contribution in [-0.4, -0.2) is 0 Å². The molecule has 3 aliphatic carbocycles. The van der Waals surface area contributed by atoms with E-state index in [9.17, 15) is 0 Å². The predicted molar refractivity (Wildman–Crippen MR) is 152 cm³/mol. The van der Waals surface area contributed by atoms with Crippen molar-refractivity contribution < 1.29 is 0 Å². The topological polar surface area (TPSA) is 0 Å². The summed E-state index contributed by atoms with van der Waals surface area (Å²) in [4.78, 5) is 0. The minimum Gasteiger partial charge on any atom is -0.103 e. The van der Waals surface area contributed by atoms with Crippen LogP contribution in [0.2, 0.25) is 0 Å². The summed E-state index contributed by atoms with van der Waals surface area (Å²) in [7, 11) is 0. The number of unbranched alkanes of at least 4 members (excludes halogenated alkanes) is 7. The van der Waals surface area contributed by atoms with Crippen LogP contribution in [0.1, 0.15) is 155 Å². The van der Waals surface area contributed by atoms with Crippen molar-refractivity contribution in [2.24, 2.45) is 35.5 Å². The van der Waals surface area contributed by atoms with Gasteiger partial charge in [-0.3, -0.25) is 0 Å². The first-order valence-corrected chi connectivity index (χ1v) is 16.1. The first kappa shape index (κ1) is 28.1. The Morgan fingerprint density at radius 3 is 1.62 bits per heavy atom. The maximum atomic E-state index is 3.98. The Hall–Kier alpha value is -0.520. The number of hydrogen-bond acceptors (Lipinski definition) is 0. The van der Waals surface area contributed by atoms with Gasteiger partial charge < -0.3 is 0 Å². The third kappa shape index (κ3) is 10.6. The lowest BCUT2D eigenvalue weighted by Crippen LogP contribution is -2.25. The van der Waals surface area contributed by atoms with Gasteiger partial charge in [-0.1, -0.05) is 109 Å². The molecule has 0 aromatic rings. The van der Waals surface area contributed by atoms with Crippen LogP contribution in [0.15, 0.2) is 24.8 Å². The summed E-state index contributed by atoms with van der Waals surface area (Å²) in [6.07, 6.45) is 41.3. The van der Waals surface area contributed by atoms with Gasteiger partial charge in [0.15, 0.2) is 0 Å². The van der Waals surface area contributed by atoms with Crippen LogP contribution in [0.4, 0.5) is 0 Å². The normalized spacial score (nSPS) is 32.7. The van der Waals surface area contributed by atoms with Crippen molar-refractivity contribution in [3.05, 3.63) is 24.8 Å². The maximum Gasteiger partial charge on any atom is -0.0233 e. The van der Waals surface area contributed by atoms with Gasteiger partial charge in [0.1, 0.15) is 0 Å². The minimum absolute atomic E-state index is 0.796. The van der Waals surface area contributed by atoms with Gasteiger partial charge in [-0.15, -0.1) is 6.58 Å². The van der Waals surface area contributed by atoms with E-state index in [-0.39, 0.29) is 0 Å². The molecule has 0 unspecified atom stereocenters. The van der Waals surface area contributed by atoms with Crippen LogP contribution >= 0.6 is 0 Å². The highest BCUT2D eigenvalue weighted by molar-refractivity contribution is 4.94. The van der Waals surface area contributed by atoms with Crippen LogP contribution in [0.3, 0.4) is 0 Å². The van der Waals surface area contributed by atoms with E-state index in [1.165, 1.54) is 109 Å². The Bertz CT molecular complexity index is 520. The third-order valence-corrected chi connectivity index (χ3v) is 10.2. The molecule has 0 spiro atoms. The quantitative estimate of drug-likeness (QED) is 0.165. The Balaban J connectivity index is 1.17. The smallest absolute Gasteiger partial charge is 0.0233 e. The SMILES string of the molecule is C=CC1CCC(C=CCCC2CCC(C3CCC(CCCCCCCCCC)CC3)CC2)CC1. The molecule has 0 atom stereocenters. The monoisotopic (exact) mass is 468 g/mol. The van der Waals surface area contributed by atoms with E-state index < -0.39 is 0 Å². The van der Waals surface area contributed by atoms with Crippen molar-refractivity contribution in [3.8, 4) is 0 Å². The summed E-state index contributed by atoms with van der Waals surface area (Å²) in [5.74, 6) is 5.92. The standard InChI is InChI=1S/C34H60/c1-3-5-6-7-8-9-10-11-14-31-21-25-33(26-22-31)34-27-23-32(24-28-34)16-13-12-15-30-19-17-29(4-2)18-20-30/h4,12,15,29-34H,2-3,5-11,13-14,16-28H2,1H3. The third-order valence-electron chi connectivity index (χ3n) is 10.2. The number of rotatable bonds is 15. The lowest BCUT2D eigenvalue weighted by atomic mass is 9.68. The summed E-state index contributed by atoms with van der Waals surface area (Å²) < 4.78 is 0. The van der Waals surface area contributed by atoms with Crippen molar-refractivity contribution in [2.75, 3.05) is 0 Å². The van der Waals surface area contributed by atoms with E-state index in [1.54, 1.807) is 38.5 Å². The largest absolute Gasteiger partial charge is 0.103 e. The van der Waals surface area contributed by atoms with Gasteiger partial charge in [0.05, 0.1) is 0 Å². The van der Waals surface area contributed by atoms with E-state index >= 15 is 0 Å². The van der Waals surface area contributed by atoms with Crippen molar-refractivity contribution in [1.82, 2.24) is 0 Å². The fraction of sp³-hybridized carbons (Fsp3) is 0.882. The van der Waals surface area contributed by atoms with Gasteiger partial charge in [0, 0.05) is 0 Å². The summed E-state index contributed by atoms with van der Waals surface area (Å²) in [6, 6.07) is 0. The van der Waals surface area contributed by atoms with E-state index in [2.05, 4.69) is 31.7 Å². The average Bonchev–Trinajstić information content (AvgIpc) is 2.89.